The molecule has 0 saturated carbocycles. The Morgan fingerprint density at radius 3 is 2.61 bits per heavy atom. The van der Waals surface area contributed by atoms with E-state index >= 15 is 0 Å². The fourth-order valence-corrected chi connectivity index (χ4v) is 1.94. The Hall–Kier alpha value is -1.45. The largest absolute Gasteiger partial charge is 0.459 e. The second-order valence-corrected chi connectivity index (χ2v) is 4.74. The van der Waals surface area contributed by atoms with E-state index in [0.717, 1.165) is 11.0 Å². The van der Waals surface area contributed by atoms with Crippen LogP contribution in [0.1, 0.15) is 19.1 Å². The monoisotopic (exact) mass is 441 g/mol. The zero-order valence-electron chi connectivity index (χ0n) is 12.6. The molecule has 4 nitrogen and oxygen atoms in total. The zero-order valence-corrected chi connectivity index (χ0v) is 14.9. The first-order valence-electron chi connectivity index (χ1n) is 7.04. The summed E-state index contributed by atoms with van der Waals surface area (Å²) in [4.78, 5) is 4.23. The van der Waals surface area contributed by atoms with Gasteiger partial charge in [-0.25, -0.2) is 4.99 Å². The summed E-state index contributed by atoms with van der Waals surface area (Å²) in [5.41, 5.74) is 0.766. The average Bonchev–Trinajstić information content (AvgIpc) is 2.86. The van der Waals surface area contributed by atoms with Crippen LogP contribution in [0.3, 0.4) is 0 Å². The van der Waals surface area contributed by atoms with Crippen molar-refractivity contribution in [3.05, 3.63) is 36.1 Å². The molecule has 0 unspecified atom stereocenters. The molecule has 0 aliphatic heterocycles. The number of benzene rings is 1. The van der Waals surface area contributed by atoms with Gasteiger partial charge in [0.15, 0.2) is 5.96 Å². The number of hydrogen-bond donors (Lipinski definition) is 2. The van der Waals surface area contributed by atoms with Crippen LogP contribution < -0.4 is 10.6 Å². The van der Waals surface area contributed by atoms with E-state index in [0.29, 0.717) is 18.3 Å². The van der Waals surface area contributed by atoms with E-state index < -0.39 is 12.6 Å². The third-order valence-electron chi connectivity index (χ3n) is 2.91. The van der Waals surface area contributed by atoms with Gasteiger partial charge in [-0.3, -0.25) is 0 Å². The van der Waals surface area contributed by atoms with Gasteiger partial charge in [-0.1, -0.05) is 18.2 Å². The van der Waals surface area contributed by atoms with Gasteiger partial charge in [-0.15, -0.1) is 24.0 Å². The van der Waals surface area contributed by atoms with Crippen LogP contribution in [0.4, 0.5) is 13.2 Å². The summed E-state index contributed by atoms with van der Waals surface area (Å²) in [5.74, 6) is 1.00. The summed E-state index contributed by atoms with van der Waals surface area (Å²) in [5, 5.41) is 6.54. The van der Waals surface area contributed by atoms with Crippen molar-refractivity contribution in [2.75, 3.05) is 13.1 Å². The lowest BCUT2D eigenvalue weighted by molar-refractivity contribution is -0.132. The molecule has 0 aliphatic carbocycles. The molecule has 0 fully saturated rings. The standard InChI is InChI=1S/C15H18F3N3O.HI/c1-2-19-14(20-8-7-15(16,17)18)21-10-12-9-11-5-3-4-6-13(11)22-12;/h3-6,9H,2,7-8,10H2,1H3,(H2,19,20,21);1H. The Labute approximate surface area is 149 Å². The minimum absolute atomic E-state index is 0. The van der Waals surface area contributed by atoms with Crippen LogP contribution in [-0.2, 0) is 6.54 Å². The molecule has 1 heterocycles. The highest BCUT2D eigenvalue weighted by atomic mass is 127. The van der Waals surface area contributed by atoms with E-state index in [9.17, 15) is 13.2 Å². The first-order valence-corrected chi connectivity index (χ1v) is 7.04. The number of fused-ring (bicyclic) bond motifs is 1. The summed E-state index contributed by atoms with van der Waals surface area (Å²) in [6.45, 7) is 2.46. The highest BCUT2D eigenvalue weighted by molar-refractivity contribution is 14.0. The second-order valence-electron chi connectivity index (χ2n) is 4.74. The lowest BCUT2D eigenvalue weighted by atomic mass is 10.2. The number of hydrogen-bond acceptors (Lipinski definition) is 2. The molecular weight excluding hydrogens is 422 g/mol. The molecular formula is C15H19F3IN3O. The van der Waals surface area contributed by atoms with Crippen molar-refractivity contribution in [1.29, 1.82) is 0 Å². The predicted octanol–water partition coefficient (Wildman–Crippen LogP) is 4.06. The lowest BCUT2D eigenvalue weighted by Gasteiger charge is -2.12. The molecule has 0 spiro atoms. The Morgan fingerprint density at radius 2 is 1.96 bits per heavy atom. The molecule has 1 aromatic carbocycles. The molecule has 128 valence electrons. The normalized spacial score (nSPS) is 12.1. The van der Waals surface area contributed by atoms with Gasteiger partial charge in [0, 0.05) is 18.5 Å². The van der Waals surface area contributed by atoms with Crippen LogP contribution >= 0.6 is 24.0 Å². The SMILES string of the molecule is CCNC(=NCc1cc2ccccc2o1)NCCC(F)(F)F.I. The summed E-state index contributed by atoms with van der Waals surface area (Å²) in [7, 11) is 0. The lowest BCUT2D eigenvalue weighted by Crippen LogP contribution is -2.38. The fraction of sp³-hybridized carbons (Fsp3) is 0.400. The third kappa shape index (κ3) is 6.67. The number of guanidine groups is 1. The molecule has 2 N–H and O–H groups in total. The van der Waals surface area contributed by atoms with Crippen LogP contribution in [-0.4, -0.2) is 25.2 Å². The molecule has 23 heavy (non-hydrogen) atoms. The molecule has 0 aliphatic rings. The minimum Gasteiger partial charge on any atom is -0.459 e. The molecule has 0 radical (unpaired) electrons. The van der Waals surface area contributed by atoms with Crippen molar-refractivity contribution in [2.45, 2.75) is 26.1 Å². The van der Waals surface area contributed by atoms with Crippen LogP contribution in [0, 0.1) is 0 Å². The molecule has 1 aromatic heterocycles. The molecule has 0 amide bonds. The van der Waals surface area contributed by atoms with Crippen molar-refractivity contribution >= 4 is 40.9 Å². The van der Waals surface area contributed by atoms with E-state index in [1.54, 1.807) is 0 Å². The van der Waals surface area contributed by atoms with Crippen molar-refractivity contribution in [1.82, 2.24) is 10.6 Å². The predicted molar refractivity (Wildman–Crippen MR) is 95.1 cm³/mol. The second kappa shape index (κ2) is 8.99. The quantitative estimate of drug-likeness (QED) is 0.418. The molecule has 2 rings (SSSR count). The third-order valence-corrected chi connectivity index (χ3v) is 2.91. The topological polar surface area (TPSA) is 49.6 Å². The zero-order chi connectivity index (χ0) is 16.0. The number of alkyl halides is 3. The molecule has 2 aromatic rings. The van der Waals surface area contributed by atoms with Crippen molar-refractivity contribution in [3.8, 4) is 0 Å². The van der Waals surface area contributed by atoms with Gasteiger partial charge in [0.2, 0.25) is 0 Å². The van der Waals surface area contributed by atoms with Crippen molar-refractivity contribution in [2.24, 2.45) is 4.99 Å². The van der Waals surface area contributed by atoms with E-state index in [-0.39, 0.29) is 37.1 Å². The Kier molecular flexibility index (Phi) is 7.66. The highest BCUT2D eigenvalue weighted by Gasteiger charge is 2.26. The Morgan fingerprint density at radius 1 is 1.22 bits per heavy atom. The number of aliphatic imine (C=N–C) groups is 1. The average molecular weight is 441 g/mol. The Bertz CT molecular complexity index is 607. The van der Waals surface area contributed by atoms with Gasteiger partial charge < -0.3 is 15.1 Å². The Balaban J connectivity index is 0.00000264. The van der Waals surface area contributed by atoms with Gasteiger partial charge in [-0.2, -0.15) is 13.2 Å². The number of nitrogens with zero attached hydrogens (tertiary/aromatic N) is 1. The van der Waals surface area contributed by atoms with E-state index in [1.165, 1.54) is 0 Å². The van der Waals surface area contributed by atoms with Crippen molar-refractivity contribution < 1.29 is 17.6 Å². The van der Waals surface area contributed by atoms with Crippen LogP contribution in [0.25, 0.3) is 11.0 Å². The smallest absolute Gasteiger partial charge is 0.390 e. The van der Waals surface area contributed by atoms with Gasteiger partial charge in [0.1, 0.15) is 17.9 Å². The minimum atomic E-state index is -4.18. The summed E-state index contributed by atoms with van der Waals surface area (Å²) in [6, 6.07) is 9.45. The number of furan rings is 1. The maximum atomic E-state index is 12.1. The van der Waals surface area contributed by atoms with Crippen LogP contribution in [0.5, 0.6) is 0 Å². The molecule has 0 saturated heterocycles. The van der Waals surface area contributed by atoms with E-state index in [1.807, 2.05) is 37.3 Å². The van der Waals surface area contributed by atoms with Gasteiger partial charge in [0.05, 0.1) is 6.42 Å². The first-order chi connectivity index (χ1) is 10.5. The molecule has 0 atom stereocenters. The fourth-order valence-electron chi connectivity index (χ4n) is 1.94. The van der Waals surface area contributed by atoms with Crippen molar-refractivity contribution in [3.63, 3.8) is 0 Å². The van der Waals surface area contributed by atoms with E-state index in [4.69, 9.17) is 4.42 Å². The highest BCUT2D eigenvalue weighted by Crippen LogP contribution is 2.19. The number of nitrogens with one attached hydrogen (secondary N) is 2. The number of halogens is 4. The van der Waals surface area contributed by atoms with Gasteiger partial charge >= 0.3 is 6.18 Å². The summed E-state index contributed by atoms with van der Waals surface area (Å²) < 4.78 is 42.0. The van der Waals surface area contributed by atoms with Gasteiger partial charge in [-0.05, 0) is 19.1 Å². The number of para-hydroxylation sites is 1. The van der Waals surface area contributed by atoms with Crippen LogP contribution in [0.2, 0.25) is 0 Å². The van der Waals surface area contributed by atoms with E-state index in [2.05, 4.69) is 15.6 Å². The summed E-state index contributed by atoms with van der Waals surface area (Å²) in [6.07, 6.45) is -5.08. The number of rotatable bonds is 5. The first kappa shape index (κ1) is 19.6. The molecule has 8 heteroatoms. The summed E-state index contributed by atoms with van der Waals surface area (Å²) >= 11 is 0. The molecule has 0 bridgehead atoms. The van der Waals surface area contributed by atoms with Gasteiger partial charge in [0.25, 0.3) is 0 Å². The maximum Gasteiger partial charge on any atom is 0.390 e. The maximum absolute atomic E-state index is 12.1. The van der Waals surface area contributed by atoms with Crippen LogP contribution in [0.15, 0.2) is 39.7 Å².